The van der Waals surface area contributed by atoms with E-state index in [9.17, 15) is 15.3 Å². The molecule has 1 heterocycles. The summed E-state index contributed by atoms with van der Waals surface area (Å²) in [5.41, 5.74) is 0.993. The number of nitrogens with one attached hydrogen (secondary N) is 2. The van der Waals surface area contributed by atoms with Crippen LogP contribution in [0.3, 0.4) is 0 Å². The van der Waals surface area contributed by atoms with Crippen molar-refractivity contribution in [1.82, 2.24) is 10.2 Å². The molecule has 5 heteroatoms. The van der Waals surface area contributed by atoms with Crippen molar-refractivity contribution < 1.29 is 0 Å². The maximum Gasteiger partial charge on any atom is 0.269 e. The number of aromatic amines is 2. The van der Waals surface area contributed by atoms with Crippen LogP contribution < -0.4 is 5.56 Å². The van der Waals surface area contributed by atoms with E-state index < -0.39 is 11.3 Å². The fourth-order valence-corrected chi connectivity index (χ4v) is 6.95. The van der Waals surface area contributed by atoms with Crippen LogP contribution in [0, 0.1) is 46.3 Å². The van der Waals surface area contributed by atoms with E-state index in [1.54, 1.807) is 0 Å². The van der Waals surface area contributed by atoms with Gasteiger partial charge in [-0.25, -0.2) is 0 Å². The van der Waals surface area contributed by atoms with E-state index in [1.807, 2.05) is 30.3 Å². The van der Waals surface area contributed by atoms with Crippen molar-refractivity contribution in [3.05, 3.63) is 57.5 Å². The molecule has 4 fully saturated rings. The number of H-pyrrole nitrogens is 2. The number of hydrogen-bond acceptors (Lipinski definition) is 3. The summed E-state index contributed by atoms with van der Waals surface area (Å²) in [4.78, 5) is 12.9. The summed E-state index contributed by atoms with van der Waals surface area (Å²) >= 11 is 0. The minimum absolute atomic E-state index is 0.227. The zero-order chi connectivity index (χ0) is 18.6. The van der Waals surface area contributed by atoms with E-state index in [0.717, 1.165) is 31.2 Å². The highest BCUT2D eigenvalue weighted by atomic mass is 16.1. The maximum absolute atomic E-state index is 12.9. The molecule has 6 rings (SSSR count). The second kappa shape index (κ2) is 5.86. The number of nitrogens with zero attached hydrogens (tertiary/aromatic N) is 2. The van der Waals surface area contributed by atoms with Gasteiger partial charge in [0.25, 0.3) is 5.56 Å². The molecule has 1 atom stereocenters. The zero-order valence-electron chi connectivity index (χ0n) is 15.1. The van der Waals surface area contributed by atoms with Crippen LogP contribution in [-0.4, -0.2) is 10.2 Å². The lowest BCUT2D eigenvalue weighted by atomic mass is 9.40. The molecule has 4 aliphatic rings. The zero-order valence-corrected chi connectivity index (χ0v) is 15.1. The third-order valence-electron chi connectivity index (χ3n) is 7.55. The van der Waals surface area contributed by atoms with Crippen molar-refractivity contribution in [2.45, 2.75) is 43.4 Å². The van der Waals surface area contributed by atoms with Gasteiger partial charge in [-0.1, -0.05) is 30.3 Å². The van der Waals surface area contributed by atoms with Gasteiger partial charge >= 0.3 is 0 Å². The van der Waals surface area contributed by atoms with Crippen LogP contribution in [0.4, 0.5) is 0 Å². The summed E-state index contributed by atoms with van der Waals surface area (Å²) in [5.74, 6) is 1.56. The molecule has 4 saturated carbocycles. The lowest BCUT2D eigenvalue weighted by Crippen LogP contribution is -2.59. The highest BCUT2D eigenvalue weighted by molar-refractivity contribution is 5.46. The fraction of sp³-hybridized carbons (Fsp3) is 0.500. The van der Waals surface area contributed by atoms with Crippen LogP contribution >= 0.6 is 0 Å². The largest absolute Gasteiger partial charge is 0.288 e. The van der Waals surface area contributed by atoms with Crippen molar-refractivity contribution in [2.75, 3.05) is 0 Å². The Hall–Kier alpha value is -2.79. The second-order valence-electron chi connectivity index (χ2n) is 8.65. The van der Waals surface area contributed by atoms with Gasteiger partial charge in [0, 0.05) is 5.41 Å². The third-order valence-corrected chi connectivity index (χ3v) is 7.55. The molecule has 2 aromatic rings. The van der Waals surface area contributed by atoms with Gasteiger partial charge in [0.15, 0.2) is 0 Å². The Kier molecular flexibility index (Phi) is 3.56. The van der Waals surface area contributed by atoms with Crippen LogP contribution in [0.5, 0.6) is 0 Å². The Morgan fingerprint density at radius 3 is 2.15 bits per heavy atom. The molecule has 5 nitrogen and oxygen atoms in total. The maximum atomic E-state index is 12.9. The summed E-state index contributed by atoms with van der Waals surface area (Å²) in [6.45, 7) is 0. The average molecular weight is 358 g/mol. The Balaban J connectivity index is 1.79. The standard InChI is InChI=1S/C22H22N4O/c23-11-18(15-4-2-1-3-5-15)22(20-19(12-24)25-26-21(20)27)16-7-13-6-14(9-16)10-17(22)8-13/h1-5,13-14,16-18H,6-10H2,(H2,25,26,27). The summed E-state index contributed by atoms with van der Waals surface area (Å²) < 4.78 is 0. The molecule has 2 N–H and O–H groups in total. The van der Waals surface area contributed by atoms with Crippen LogP contribution in [-0.2, 0) is 5.41 Å². The minimum atomic E-state index is -0.581. The molecule has 0 spiro atoms. The first-order valence-corrected chi connectivity index (χ1v) is 9.84. The first-order chi connectivity index (χ1) is 13.2. The van der Waals surface area contributed by atoms with Gasteiger partial charge < -0.3 is 0 Å². The third kappa shape index (κ3) is 2.12. The Labute approximate surface area is 158 Å². The number of rotatable bonds is 3. The smallest absolute Gasteiger partial charge is 0.269 e. The van der Waals surface area contributed by atoms with Crippen LogP contribution in [0.15, 0.2) is 35.1 Å². The quantitative estimate of drug-likeness (QED) is 0.878. The number of nitriles is 2. The minimum Gasteiger partial charge on any atom is -0.288 e. The highest BCUT2D eigenvalue weighted by Crippen LogP contribution is 2.66. The van der Waals surface area contributed by atoms with Gasteiger partial charge in [0.05, 0.1) is 17.6 Å². The van der Waals surface area contributed by atoms with Crippen molar-refractivity contribution in [3.8, 4) is 12.1 Å². The summed E-state index contributed by atoms with van der Waals surface area (Å²) in [7, 11) is 0. The molecule has 0 amide bonds. The summed E-state index contributed by atoms with van der Waals surface area (Å²) in [6.07, 6.45) is 5.54. The summed E-state index contributed by atoms with van der Waals surface area (Å²) in [6, 6.07) is 14.6. The molecule has 1 aromatic heterocycles. The Bertz CT molecular complexity index is 975. The van der Waals surface area contributed by atoms with Crippen LogP contribution in [0.25, 0.3) is 0 Å². The van der Waals surface area contributed by atoms with Gasteiger partial charge in [-0.05, 0) is 61.3 Å². The Morgan fingerprint density at radius 2 is 1.59 bits per heavy atom. The molecule has 4 bridgehead atoms. The number of hydrogen-bond donors (Lipinski definition) is 2. The molecular weight excluding hydrogens is 336 g/mol. The monoisotopic (exact) mass is 358 g/mol. The van der Waals surface area contributed by atoms with Crippen molar-refractivity contribution >= 4 is 0 Å². The molecule has 1 aromatic carbocycles. The molecule has 4 aliphatic carbocycles. The highest BCUT2D eigenvalue weighted by Gasteiger charge is 2.63. The predicted molar refractivity (Wildman–Crippen MR) is 99.6 cm³/mol. The fourth-order valence-electron chi connectivity index (χ4n) is 6.95. The van der Waals surface area contributed by atoms with Crippen molar-refractivity contribution in [1.29, 1.82) is 10.5 Å². The molecular formula is C22H22N4O. The molecule has 0 aliphatic heterocycles. The molecule has 0 radical (unpaired) electrons. The first-order valence-electron chi connectivity index (χ1n) is 9.84. The first kappa shape index (κ1) is 16.4. The van der Waals surface area contributed by atoms with Gasteiger partial charge in [-0.3, -0.25) is 15.0 Å². The lowest BCUT2D eigenvalue weighted by Gasteiger charge is -2.62. The van der Waals surface area contributed by atoms with Crippen molar-refractivity contribution in [2.24, 2.45) is 23.7 Å². The average Bonchev–Trinajstić information content (AvgIpc) is 3.06. The van der Waals surface area contributed by atoms with E-state index in [-0.39, 0.29) is 17.4 Å². The van der Waals surface area contributed by atoms with E-state index in [4.69, 9.17) is 0 Å². The van der Waals surface area contributed by atoms with Gasteiger partial charge in [0.2, 0.25) is 0 Å². The van der Waals surface area contributed by atoms with E-state index in [1.165, 1.54) is 6.42 Å². The van der Waals surface area contributed by atoms with Crippen LogP contribution in [0.1, 0.15) is 54.8 Å². The predicted octanol–water partition coefficient (Wildman–Crippen LogP) is 3.58. The number of benzene rings is 1. The topological polar surface area (TPSA) is 96.2 Å². The van der Waals surface area contributed by atoms with Gasteiger partial charge in [-0.15, -0.1) is 0 Å². The molecule has 1 unspecified atom stereocenters. The van der Waals surface area contributed by atoms with E-state index in [2.05, 4.69) is 22.3 Å². The van der Waals surface area contributed by atoms with E-state index >= 15 is 0 Å². The summed E-state index contributed by atoms with van der Waals surface area (Å²) in [5, 5.41) is 25.4. The SMILES string of the molecule is N#Cc1[nH][nH]c(=O)c1C1(C(C#N)c2ccccc2)C2CC3CC(C2)CC1C3. The molecule has 0 saturated heterocycles. The van der Waals surface area contributed by atoms with Gasteiger partial charge in [-0.2, -0.15) is 10.5 Å². The van der Waals surface area contributed by atoms with Gasteiger partial charge in [0.1, 0.15) is 11.8 Å². The lowest BCUT2D eigenvalue weighted by molar-refractivity contribution is -0.0674. The number of aromatic nitrogens is 2. The normalized spacial score (nSPS) is 34.7. The van der Waals surface area contributed by atoms with E-state index in [0.29, 0.717) is 23.1 Å². The molecule has 136 valence electrons. The Morgan fingerprint density at radius 1 is 0.963 bits per heavy atom. The molecule has 27 heavy (non-hydrogen) atoms. The van der Waals surface area contributed by atoms with Crippen LogP contribution in [0.2, 0.25) is 0 Å². The van der Waals surface area contributed by atoms with Crippen molar-refractivity contribution in [3.63, 3.8) is 0 Å². The second-order valence-corrected chi connectivity index (χ2v) is 8.65.